The van der Waals surface area contributed by atoms with Crippen molar-refractivity contribution >= 4 is 17.8 Å². The quantitative estimate of drug-likeness (QED) is 0.694. The molecule has 6 nitrogen and oxygen atoms in total. The van der Waals surface area contributed by atoms with Gasteiger partial charge >= 0.3 is 5.97 Å². The molecule has 0 radical (unpaired) electrons. The van der Waals surface area contributed by atoms with Gasteiger partial charge in [-0.1, -0.05) is 37.3 Å². The van der Waals surface area contributed by atoms with Crippen LogP contribution in [0.1, 0.15) is 25.8 Å². The van der Waals surface area contributed by atoms with Crippen molar-refractivity contribution in [2.45, 2.75) is 32.7 Å². The molecule has 0 unspecified atom stereocenters. The molecule has 0 aromatic heterocycles. The van der Waals surface area contributed by atoms with Crippen LogP contribution in [0.2, 0.25) is 0 Å². The number of hydrogen-bond acceptors (Lipinski definition) is 4. The molecule has 22 heavy (non-hydrogen) atoms. The van der Waals surface area contributed by atoms with Crippen molar-refractivity contribution in [3.63, 3.8) is 0 Å². The minimum Gasteiger partial charge on any atom is -0.466 e. The Labute approximate surface area is 130 Å². The predicted octanol–water partition coefficient (Wildman–Crippen LogP) is 0.788. The number of rotatable bonds is 8. The van der Waals surface area contributed by atoms with E-state index in [1.165, 1.54) is 0 Å². The Bertz CT molecular complexity index is 516. The molecule has 1 rings (SSSR count). The van der Waals surface area contributed by atoms with Gasteiger partial charge in [0.15, 0.2) is 0 Å². The van der Waals surface area contributed by atoms with Gasteiger partial charge < -0.3 is 15.8 Å². The molecule has 0 aliphatic carbocycles. The third kappa shape index (κ3) is 5.95. The van der Waals surface area contributed by atoms with Crippen LogP contribution in [0, 0.1) is 5.92 Å². The molecule has 0 saturated carbocycles. The van der Waals surface area contributed by atoms with Crippen molar-refractivity contribution in [2.75, 3.05) is 6.61 Å². The molecule has 2 atom stereocenters. The molecule has 6 heteroatoms. The lowest BCUT2D eigenvalue weighted by Gasteiger charge is -2.21. The molecule has 0 saturated heterocycles. The van der Waals surface area contributed by atoms with Crippen molar-refractivity contribution in [3.8, 4) is 0 Å². The Morgan fingerprint density at radius 3 is 2.41 bits per heavy atom. The van der Waals surface area contributed by atoms with Gasteiger partial charge in [0.2, 0.25) is 11.8 Å². The summed E-state index contributed by atoms with van der Waals surface area (Å²) in [4.78, 5) is 35.0. The second kappa shape index (κ2) is 8.81. The molecule has 0 aliphatic rings. The largest absolute Gasteiger partial charge is 0.466 e. The van der Waals surface area contributed by atoms with E-state index in [2.05, 4.69) is 5.32 Å². The lowest BCUT2D eigenvalue weighted by atomic mass is 9.97. The fourth-order valence-electron chi connectivity index (χ4n) is 2.10. The first kappa shape index (κ1) is 17.7. The first-order valence-corrected chi connectivity index (χ1v) is 7.22. The van der Waals surface area contributed by atoms with E-state index in [-0.39, 0.29) is 25.4 Å². The highest BCUT2D eigenvalue weighted by Gasteiger charge is 2.27. The maximum atomic E-state index is 12.0. The second-order valence-electron chi connectivity index (χ2n) is 5.10. The topological polar surface area (TPSA) is 98.5 Å². The number of benzene rings is 1. The number of hydrogen-bond donors (Lipinski definition) is 2. The Morgan fingerprint density at radius 1 is 1.23 bits per heavy atom. The van der Waals surface area contributed by atoms with Crippen molar-refractivity contribution in [2.24, 2.45) is 11.7 Å². The third-order valence-corrected chi connectivity index (χ3v) is 3.19. The van der Waals surface area contributed by atoms with Crippen molar-refractivity contribution in [1.29, 1.82) is 0 Å². The van der Waals surface area contributed by atoms with Crippen LogP contribution < -0.4 is 11.1 Å². The summed E-state index contributed by atoms with van der Waals surface area (Å²) in [5.41, 5.74) is 6.16. The van der Waals surface area contributed by atoms with Gasteiger partial charge in [-0.3, -0.25) is 14.4 Å². The van der Waals surface area contributed by atoms with Gasteiger partial charge in [0.05, 0.1) is 19.4 Å². The summed E-state index contributed by atoms with van der Waals surface area (Å²) in [7, 11) is 0. The summed E-state index contributed by atoms with van der Waals surface area (Å²) in [6.45, 7) is 3.65. The van der Waals surface area contributed by atoms with Crippen molar-refractivity contribution in [3.05, 3.63) is 35.9 Å². The van der Waals surface area contributed by atoms with Crippen LogP contribution in [0.15, 0.2) is 30.3 Å². The molecule has 0 heterocycles. The van der Waals surface area contributed by atoms with Crippen LogP contribution in [-0.4, -0.2) is 30.4 Å². The lowest BCUT2D eigenvalue weighted by Crippen LogP contribution is -2.49. The van der Waals surface area contributed by atoms with E-state index in [0.717, 1.165) is 5.56 Å². The van der Waals surface area contributed by atoms with Crippen LogP contribution in [-0.2, 0) is 25.5 Å². The highest BCUT2D eigenvalue weighted by atomic mass is 16.5. The Balaban J connectivity index is 2.61. The third-order valence-electron chi connectivity index (χ3n) is 3.19. The maximum Gasteiger partial charge on any atom is 0.306 e. The van der Waals surface area contributed by atoms with Crippen LogP contribution in [0.25, 0.3) is 0 Å². The molecular weight excluding hydrogens is 284 g/mol. The van der Waals surface area contributed by atoms with Crippen molar-refractivity contribution in [1.82, 2.24) is 5.32 Å². The summed E-state index contributed by atoms with van der Waals surface area (Å²) in [6.07, 6.45) is 0.170. The number of nitrogens with two attached hydrogens (primary N) is 1. The van der Waals surface area contributed by atoms with E-state index in [0.29, 0.717) is 0 Å². The molecule has 120 valence electrons. The summed E-state index contributed by atoms with van der Waals surface area (Å²) in [5, 5.41) is 2.59. The number of carbonyl (C=O) groups is 3. The fraction of sp³-hybridized carbons (Fsp3) is 0.438. The van der Waals surface area contributed by atoms with Gasteiger partial charge in [-0.15, -0.1) is 0 Å². The first-order chi connectivity index (χ1) is 10.4. The molecule has 0 fully saturated rings. The van der Waals surface area contributed by atoms with Crippen molar-refractivity contribution < 1.29 is 19.1 Å². The predicted molar refractivity (Wildman–Crippen MR) is 81.7 cm³/mol. The zero-order valence-electron chi connectivity index (χ0n) is 12.9. The number of esters is 1. The monoisotopic (exact) mass is 306 g/mol. The van der Waals surface area contributed by atoms with Gasteiger partial charge in [-0.05, 0) is 18.4 Å². The average molecular weight is 306 g/mol. The van der Waals surface area contributed by atoms with E-state index >= 15 is 0 Å². The van der Waals surface area contributed by atoms with Crippen LogP contribution in [0.4, 0.5) is 0 Å². The average Bonchev–Trinajstić information content (AvgIpc) is 2.45. The molecule has 1 aromatic carbocycles. The van der Waals surface area contributed by atoms with Gasteiger partial charge in [-0.2, -0.15) is 0 Å². The summed E-state index contributed by atoms with van der Waals surface area (Å²) in [6, 6.07) is 8.26. The molecule has 1 aromatic rings. The minimum absolute atomic E-state index is 0.0209. The number of amides is 2. The Hall–Kier alpha value is -2.37. The van der Waals surface area contributed by atoms with E-state index in [9.17, 15) is 14.4 Å². The smallest absolute Gasteiger partial charge is 0.306 e. The first-order valence-electron chi connectivity index (χ1n) is 7.22. The van der Waals surface area contributed by atoms with E-state index in [4.69, 9.17) is 10.5 Å². The normalized spacial score (nSPS) is 13.0. The number of ether oxygens (including phenoxy) is 1. The van der Waals surface area contributed by atoms with E-state index in [1.54, 1.807) is 13.8 Å². The maximum absolute atomic E-state index is 12.0. The van der Waals surface area contributed by atoms with E-state index < -0.39 is 23.8 Å². The fourth-order valence-corrected chi connectivity index (χ4v) is 2.10. The highest BCUT2D eigenvalue weighted by molar-refractivity contribution is 5.88. The summed E-state index contributed by atoms with van der Waals surface area (Å²) < 4.78 is 4.84. The molecule has 2 amide bonds. The lowest BCUT2D eigenvalue weighted by molar-refractivity contribution is -0.144. The minimum atomic E-state index is -0.902. The molecular formula is C16H22N2O4. The Morgan fingerprint density at radius 2 is 1.86 bits per heavy atom. The van der Waals surface area contributed by atoms with Crippen LogP contribution >= 0.6 is 0 Å². The summed E-state index contributed by atoms with van der Waals surface area (Å²) >= 11 is 0. The zero-order valence-corrected chi connectivity index (χ0v) is 12.9. The molecule has 0 bridgehead atoms. The van der Waals surface area contributed by atoms with Crippen LogP contribution in [0.3, 0.4) is 0 Å². The van der Waals surface area contributed by atoms with Gasteiger partial charge in [-0.25, -0.2) is 0 Å². The molecule has 3 N–H and O–H groups in total. The zero-order chi connectivity index (χ0) is 16.5. The SMILES string of the molecule is CCOC(=O)C[C@H](C)[C@@H](NC(=O)Cc1ccccc1)C(N)=O. The molecule has 0 spiro atoms. The van der Waals surface area contributed by atoms with Gasteiger partial charge in [0.1, 0.15) is 6.04 Å². The van der Waals surface area contributed by atoms with Gasteiger partial charge in [0.25, 0.3) is 0 Å². The van der Waals surface area contributed by atoms with E-state index in [1.807, 2.05) is 30.3 Å². The summed E-state index contributed by atoms with van der Waals surface area (Å²) in [5.74, 6) is -1.83. The Kier molecular flexibility index (Phi) is 7.08. The van der Waals surface area contributed by atoms with Crippen LogP contribution in [0.5, 0.6) is 0 Å². The standard InChI is InChI=1S/C16H22N2O4/c1-3-22-14(20)9-11(2)15(16(17)21)18-13(19)10-12-7-5-4-6-8-12/h4-8,11,15H,3,9-10H2,1-2H3,(H2,17,21)(H,18,19)/t11-,15+/m0/s1. The number of carbonyl (C=O) groups excluding carboxylic acids is 3. The molecule has 0 aliphatic heterocycles. The number of nitrogens with one attached hydrogen (secondary N) is 1. The van der Waals surface area contributed by atoms with Gasteiger partial charge in [0, 0.05) is 0 Å². The number of primary amides is 1. The second-order valence-corrected chi connectivity index (χ2v) is 5.10. The highest BCUT2D eigenvalue weighted by Crippen LogP contribution is 2.10.